The van der Waals surface area contributed by atoms with E-state index in [0.717, 1.165) is 5.56 Å². The summed E-state index contributed by atoms with van der Waals surface area (Å²) in [7, 11) is -2.32. The van der Waals surface area contributed by atoms with Crippen molar-refractivity contribution in [2.24, 2.45) is 5.92 Å². The van der Waals surface area contributed by atoms with Crippen molar-refractivity contribution in [3.8, 4) is 5.75 Å². The van der Waals surface area contributed by atoms with E-state index in [0.29, 0.717) is 12.3 Å². The summed E-state index contributed by atoms with van der Waals surface area (Å²) in [5.74, 6) is 0.532. The standard InChI is InChI=1S/C20H26N2O4S/c1-16(2)13-21-20(23)15-22(14-17-7-5-4-6-8-17)27(24,25)19-11-9-18(26-3)10-12-19/h4-12,16H,13-15H2,1-3H3,(H,21,23). The molecule has 0 saturated heterocycles. The number of ether oxygens (including phenoxy) is 1. The van der Waals surface area contributed by atoms with Gasteiger partial charge in [-0.3, -0.25) is 4.79 Å². The van der Waals surface area contributed by atoms with E-state index in [2.05, 4.69) is 5.32 Å². The van der Waals surface area contributed by atoms with Crippen LogP contribution in [0.3, 0.4) is 0 Å². The van der Waals surface area contributed by atoms with Gasteiger partial charge < -0.3 is 10.1 Å². The minimum absolute atomic E-state index is 0.115. The van der Waals surface area contributed by atoms with Crippen LogP contribution in [0.1, 0.15) is 19.4 Å². The van der Waals surface area contributed by atoms with Gasteiger partial charge in [0.1, 0.15) is 5.75 Å². The highest BCUT2D eigenvalue weighted by Gasteiger charge is 2.27. The summed E-state index contributed by atoms with van der Waals surface area (Å²) in [6.07, 6.45) is 0. The molecule has 0 saturated carbocycles. The lowest BCUT2D eigenvalue weighted by Crippen LogP contribution is -2.41. The van der Waals surface area contributed by atoms with Crippen LogP contribution in [0.2, 0.25) is 0 Å². The SMILES string of the molecule is COc1ccc(S(=O)(=O)N(CC(=O)NCC(C)C)Cc2ccccc2)cc1. The largest absolute Gasteiger partial charge is 0.497 e. The first kappa shape index (κ1) is 20.9. The molecular weight excluding hydrogens is 364 g/mol. The molecule has 6 nitrogen and oxygen atoms in total. The molecule has 27 heavy (non-hydrogen) atoms. The fourth-order valence-corrected chi connectivity index (χ4v) is 3.83. The molecule has 0 radical (unpaired) electrons. The van der Waals surface area contributed by atoms with Crippen LogP contribution in [0.5, 0.6) is 5.75 Å². The van der Waals surface area contributed by atoms with Gasteiger partial charge in [0.15, 0.2) is 0 Å². The Morgan fingerprint density at radius 3 is 2.26 bits per heavy atom. The Hall–Kier alpha value is -2.38. The van der Waals surface area contributed by atoms with Gasteiger partial charge in [-0.15, -0.1) is 0 Å². The van der Waals surface area contributed by atoms with Crippen molar-refractivity contribution in [3.63, 3.8) is 0 Å². The number of carbonyl (C=O) groups excluding carboxylic acids is 1. The molecule has 0 aliphatic rings. The number of methoxy groups -OCH3 is 1. The van der Waals surface area contributed by atoms with Crippen LogP contribution in [0.25, 0.3) is 0 Å². The Morgan fingerprint density at radius 1 is 1.07 bits per heavy atom. The summed E-state index contributed by atoms with van der Waals surface area (Å²) in [5, 5.41) is 2.78. The number of hydrogen-bond donors (Lipinski definition) is 1. The zero-order chi connectivity index (χ0) is 19.9. The van der Waals surface area contributed by atoms with E-state index in [1.54, 1.807) is 12.1 Å². The maximum atomic E-state index is 13.1. The number of benzene rings is 2. The fraction of sp³-hybridized carbons (Fsp3) is 0.350. The third-order valence-corrected chi connectivity index (χ3v) is 5.73. The first-order valence-electron chi connectivity index (χ1n) is 8.77. The van der Waals surface area contributed by atoms with Gasteiger partial charge in [0.2, 0.25) is 15.9 Å². The van der Waals surface area contributed by atoms with Gasteiger partial charge >= 0.3 is 0 Å². The number of nitrogens with zero attached hydrogens (tertiary/aromatic N) is 1. The lowest BCUT2D eigenvalue weighted by Gasteiger charge is -2.22. The minimum Gasteiger partial charge on any atom is -0.497 e. The van der Waals surface area contributed by atoms with Gasteiger partial charge in [0.25, 0.3) is 0 Å². The zero-order valence-electron chi connectivity index (χ0n) is 15.9. The van der Waals surface area contributed by atoms with E-state index in [4.69, 9.17) is 4.74 Å². The summed E-state index contributed by atoms with van der Waals surface area (Å²) < 4.78 is 32.5. The molecule has 0 atom stereocenters. The maximum Gasteiger partial charge on any atom is 0.243 e. The van der Waals surface area contributed by atoms with Crippen LogP contribution in [0.15, 0.2) is 59.5 Å². The zero-order valence-corrected chi connectivity index (χ0v) is 16.7. The molecule has 0 aliphatic heterocycles. The summed E-state index contributed by atoms with van der Waals surface area (Å²) >= 11 is 0. The van der Waals surface area contributed by atoms with Crippen LogP contribution < -0.4 is 10.1 Å². The predicted molar refractivity (Wildman–Crippen MR) is 105 cm³/mol. The maximum absolute atomic E-state index is 13.1. The number of rotatable bonds is 9. The van der Waals surface area contributed by atoms with Crippen LogP contribution in [0.4, 0.5) is 0 Å². The molecule has 7 heteroatoms. The molecule has 0 unspecified atom stereocenters. The van der Waals surface area contributed by atoms with E-state index in [1.165, 1.54) is 23.5 Å². The van der Waals surface area contributed by atoms with Crippen LogP contribution in [-0.4, -0.2) is 38.8 Å². The Kier molecular flexibility index (Phi) is 7.38. The smallest absolute Gasteiger partial charge is 0.243 e. The van der Waals surface area contributed by atoms with Crippen LogP contribution in [0, 0.1) is 5.92 Å². The first-order chi connectivity index (χ1) is 12.8. The van der Waals surface area contributed by atoms with Crippen molar-refractivity contribution >= 4 is 15.9 Å². The monoisotopic (exact) mass is 390 g/mol. The van der Waals surface area contributed by atoms with Crippen molar-refractivity contribution in [1.82, 2.24) is 9.62 Å². The van der Waals surface area contributed by atoms with E-state index in [1.807, 2.05) is 44.2 Å². The Balaban J connectivity index is 2.27. The number of amides is 1. The lowest BCUT2D eigenvalue weighted by molar-refractivity contribution is -0.121. The van der Waals surface area contributed by atoms with Crippen molar-refractivity contribution < 1.29 is 17.9 Å². The molecular formula is C20H26N2O4S. The molecule has 146 valence electrons. The van der Waals surface area contributed by atoms with Gasteiger partial charge in [0.05, 0.1) is 18.6 Å². The molecule has 0 spiro atoms. The fourth-order valence-electron chi connectivity index (χ4n) is 2.44. The minimum atomic E-state index is -3.84. The second kappa shape index (κ2) is 9.53. The molecule has 1 N–H and O–H groups in total. The third-order valence-electron chi connectivity index (χ3n) is 3.93. The van der Waals surface area contributed by atoms with Gasteiger partial charge in [0, 0.05) is 13.1 Å². The van der Waals surface area contributed by atoms with Gasteiger partial charge in [-0.25, -0.2) is 8.42 Å². The number of carbonyl (C=O) groups is 1. The second-order valence-electron chi connectivity index (χ2n) is 6.63. The van der Waals surface area contributed by atoms with E-state index >= 15 is 0 Å². The van der Waals surface area contributed by atoms with Crippen molar-refractivity contribution in [1.29, 1.82) is 0 Å². The first-order valence-corrected chi connectivity index (χ1v) is 10.2. The van der Waals surface area contributed by atoms with Gasteiger partial charge in [-0.05, 0) is 35.7 Å². The van der Waals surface area contributed by atoms with Crippen LogP contribution >= 0.6 is 0 Å². The average Bonchev–Trinajstić information content (AvgIpc) is 2.66. The average molecular weight is 391 g/mol. The van der Waals surface area contributed by atoms with Crippen LogP contribution in [-0.2, 0) is 21.4 Å². The second-order valence-corrected chi connectivity index (χ2v) is 8.57. The van der Waals surface area contributed by atoms with E-state index in [-0.39, 0.29) is 29.8 Å². The molecule has 0 bridgehead atoms. The Bertz CT molecular complexity index is 834. The summed E-state index contributed by atoms with van der Waals surface area (Å²) in [6.45, 7) is 4.34. The van der Waals surface area contributed by atoms with Gasteiger partial charge in [-0.2, -0.15) is 4.31 Å². The quantitative estimate of drug-likeness (QED) is 0.714. The van der Waals surface area contributed by atoms with E-state index < -0.39 is 10.0 Å². The van der Waals surface area contributed by atoms with Crippen molar-refractivity contribution in [2.45, 2.75) is 25.3 Å². The number of nitrogens with one attached hydrogen (secondary N) is 1. The number of sulfonamides is 1. The topological polar surface area (TPSA) is 75.7 Å². The Morgan fingerprint density at radius 2 is 1.70 bits per heavy atom. The lowest BCUT2D eigenvalue weighted by atomic mass is 10.2. The molecule has 0 aromatic heterocycles. The molecule has 1 amide bonds. The highest BCUT2D eigenvalue weighted by Crippen LogP contribution is 2.21. The summed E-state index contributed by atoms with van der Waals surface area (Å²) in [5.41, 5.74) is 0.811. The molecule has 2 aromatic carbocycles. The van der Waals surface area contributed by atoms with Crippen molar-refractivity contribution in [2.75, 3.05) is 20.2 Å². The Labute approximate surface area is 161 Å². The molecule has 2 aromatic rings. The summed E-state index contributed by atoms with van der Waals surface area (Å²) in [6, 6.07) is 15.4. The normalized spacial score (nSPS) is 11.6. The molecule has 0 heterocycles. The van der Waals surface area contributed by atoms with E-state index in [9.17, 15) is 13.2 Å². The molecule has 2 rings (SSSR count). The van der Waals surface area contributed by atoms with Crippen molar-refractivity contribution in [3.05, 3.63) is 60.2 Å². The summed E-state index contributed by atoms with van der Waals surface area (Å²) in [4.78, 5) is 12.4. The highest BCUT2D eigenvalue weighted by molar-refractivity contribution is 7.89. The molecule has 0 fully saturated rings. The molecule has 0 aliphatic carbocycles. The third kappa shape index (κ3) is 6.08. The number of hydrogen-bond acceptors (Lipinski definition) is 4. The predicted octanol–water partition coefficient (Wildman–Crippen LogP) is 2.66. The highest BCUT2D eigenvalue weighted by atomic mass is 32.2. The van der Waals surface area contributed by atoms with Gasteiger partial charge in [-0.1, -0.05) is 44.2 Å².